The summed E-state index contributed by atoms with van der Waals surface area (Å²) in [5, 5.41) is 0. The van der Waals surface area contributed by atoms with Crippen LogP contribution in [0.15, 0.2) is 36.4 Å². The van der Waals surface area contributed by atoms with Crippen LogP contribution >= 0.6 is 0 Å². The molecular formula is C22H30N2O3. The normalized spacial score (nSPS) is 27.1. The zero-order valence-corrected chi connectivity index (χ0v) is 16.2. The fraction of sp³-hybridized carbons (Fsp3) is 0.591. The minimum Gasteiger partial charge on any atom is -0.493 e. The van der Waals surface area contributed by atoms with Crippen LogP contribution in [-0.4, -0.2) is 62.1 Å². The summed E-state index contributed by atoms with van der Waals surface area (Å²) in [5.74, 6) is 3.39. The van der Waals surface area contributed by atoms with E-state index < -0.39 is 0 Å². The summed E-state index contributed by atoms with van der Waals surface area (Å²) >= 11 is 0. The van der Waals surface area contributed by atoms with Crippen molar-refractivity contribution < 1.29 is 14.3 Å². The summed E-state index contributed by atoms with van der Waals surface area (Å²) < 4.78 is 11.2. The van der Waals surface area contributed by atoms with Crippen molar-refractivity contribution in [1.82, 2.24) is 9.80 Å². The van der Waals surface area contributed by atoms with Gasteiger partial charge in [0.05, 0.1) is 13.7 Å². The van der Waals surface area contributed by atoms with Crippen LogP contribution in [0.1, 0.15) is 19.3 Å². The van der Waals surface area contributed by atoms with Gasteiger partial charge in [-0.15, -0.1) is 0 Å². The molecule has 1 saturated carbocycles. The van der Waals surface area contributed by atoms with Crippen molar-refractivity contribution in [3.63, 3.8) is 0 Å². The number of piperazine rings is 1. The van der Waals surface area contributed by atoms with E-state index in [4.69, 9.17) is 9.47 Å². The van der Waals surface area contributed by atoms with Gasteiger partial charge in [0.2, 0.25) is 5.91 Å². The standard InChI is InChI=1S/C22H30N2O3/c1-26-20-5-2-3-6-21(20)27-14-4-9-23-10-12-24(13-11-23)22(25)19-16-17-7-8-18(19)15-17/h2-3,5-8,17-19H,4,9-16H2,1H3/t17-,18+,19-/m1/s1. The van der Waals surface area contributed by atoms with Crippen LogP contribution in [0.4, 0.5) is 0 Å². The third-order valence-electron chi connectivity index (χ3n) is 6.23. The molecule has 0 aromatic heterocycles. The summed E-state index contributed by atoms with van der Waals surface area (Å²) in [4.78, 5) is 17.4. The number of carbonyl (C=O) groups excluding carboxylic acids is 1. The summed E-state index contributed by atoms with van der Waals surface area (Å²) in [6, 6.07) is 7.76. The average molecular weight is 370 g/mol. The Hall–Kier alpha value is -2.01. The predicted octanol–water partition coefficient (Wildman–Crippen LogP) is 2.82. The molecule has 1 aromatic rings. The summed E-state index contributed by atoms with van der Waals surface area (Å²) in [5.41, 5.74) is 0. The van der Waals surface area contributed by atoms with E-state index >= 15 is 0 Å². The first-order valence-corrected chi connectivity index (χ1v) is 10.2. The fourth-order valence-corrected chi connectivity index (χ4v) is 4.70. The maximum atomic E-state index is 12.8. The van der Waals surface area contributed by atoms with E-state index in [1.807, 2.05) is 24.3 Å². The highest BCUT2D eigenvalue weighted by Crippen LogP contribution is 2.44. The second-order valence-electron chi connectivity index (χ2n) is 7.91. The minimum absolute atomic E-state index is 0.251. The number of carbonyl (C=O) groups is 1. The molecule has 2 aliphatic carbocycles. The second-order valence-corrected chi connectivity index (χ2v) is 7.91. The topological polar surface area (TPSA) is 42.0 Å². The van der Waals surface area contributed by atoms with E-state index in [2.05, 4.69) is 22.0 Å². The number of nitrogens with zero attached hydrogens (tertiary/aromatic N) is 2. The number of fused-ring (bicyclic) bond motifs is 2. The molecule has 0 spiro atoms. The Balaban J connectivity index is 1.16. The Morgan fingerprint density at radius 3 is 2.52 bits per heavy atom. The molecule has 5 heteroatoms. The van der Waals surface area contributed by atoms with E-state index in [0.29, 0.717) is 24.3 Å². The van der Waals surface area contributed by atoms with Gasteiger partial charge >= 0.3 is 0 Å². The lowest BCUT2D eigenvalue weighted by molar-refractivity contribution is -0.138. The van der Waals surface area contributed by atoms with Gasteiger partial charge in [-0.25, -0.2) is 0 Å². The number of rotatable bonds is 7. The molecular weight excluding hydrogens is 340 g/mol. The van der Waals surface area contributed by atoms with Crippen LogP contribution in [0.5, 0.6) is 11.5 Å². The lowest BCUT2D eigenvalue weighted by Gasteiger charge is -2.36. The molecule has 2 fully saturated rings. The van der Waals surface area contributed by atoms with Gasteiger partial charge in [-0.05, 0) is 43.2 Å². The third-order valence-corrected chi connectivity index (χ3v) is 6.23. The SMILES string of the molecule is COc1ccccc1OCCCN1CCN(C(=O)[C@@H]2C[C@@H]3C=C[C@H]2C3)CC1. The number of ether oxygens (including phenoxy) is 2. The highest BCUT2D eigenvalue weighted by Gasteiger charge is 2.41. The fourth-order valence-electron chi connectivity index (χ4n) is 4.70. The van der Waals surface area contributed by atoms with Crippen molar-refractivity contribution in [2.24, 2.45) is 17.8 Å². The molecule has 3 atom stereocenters. The minimum atomic E-state index is 0.251. The Kier molecular flexibility index (Phi) is 5.67. The van der Waals surface area contributed by atoms with Crippen molar-refractivity contribution in [3.05, 3.63) is 36.4 Å². The number of amides is 1. The second kappa shape index (κ2) is 8.34. The van der Waals surface area contributed by atoms with Gasteiger partial charge in [0, 0.05) is 38.6 Å². The van der Waals surface area contributed by atoms with Crippen LogP contribution in [0.3, 0.4) is 0 Å². The van der Waals surface area contributed by atoms with Crippen LogP contribution in [0.25, 0.3) is 0 Å². The van der Waals surface area contributed by atoms with E-state index in [1.165, 1.54) is 6.42 Å². The number of hydrogen-bond acceptors (Lipinski definition) is 4. The molecule has 1 amide bonds. The first-order chi connectivity index (χ1) is 13.2. The van der Waals surface area contributed by atoms with Gasteiger partial charge in [-0.1, -0.05) is 24.3 Å². The third kappa shape index (κ3) is 4.13. The van der Waals surface area contributed by atoms with Gasteiger partial charge in [0.25, 0.3) is 0 Å². The van der Waals surface area contributed by atoms with Gasteiger partial charge in [0.15, 0.2) is 11.5 Å². The molecule has 1 aromatic carbocycles. The number of allylic oxidation sites excluding steroid dienone is 2. The average Bonchev–Trinajstić information content (AvgIpc) is 3.35. The molecule has 0 radical (unpaired) electrons. The smallest absolute Gasteiger partial charge is 0.226 e. The van der Waals surface area contributed by atoms with Crippen LogP contribution in [0.2, 0.25) is 0 Å². The Morgan fingerprint density at radius 2 is 1.85 bits per heavy atom. The summed E-state index contributed by atoms with van der Waals surface area (Å²) in [7, 11) is 1.66. The first-order valence-electron chi connectivity index (χ1n) is 10.2. The molecule has 1 heterocycles. The van der Waals surface area contributed by atoms with Crippen LogP contribution < -0.4 is 9.47 Å². The highest BCUT2D eigenvalue weighted by atomic mass is 16.5. The van der Waals surface area contributed by atoms with Crippen molar-refractivity contribution in [2.45, 2.75) is 19.3 Å². The van der Waals surface area contributed by atoms with Crippen molar-refractivity contribution in [3.8, 4) is 11.5 Å². The van der Waals surface area contributed by atoms with Crippen molar-refractivity contribution in [2.75, 3.05) is 46.4 Å². The highest BCUT2D eigenvalue weighted by molar-refractivity contribution is 5.80. The van der Waals surface area contributed by atoms with Crippen LogP contribution in [-0.2, 0) is 4.79 Å². The maximum Gasteiger partial charge on any atom is 0.226 e. The van der Waals surface area contributed by atoms with Gasteiger partial charge in [-0.2, -0.15) is 0 Å². The lowest BCUT2D eigenvalue weighted by Crippen LogP contribution is -2.51. The summed E-state index contributed by atoms with van der Waals surface area (Å²) in [6.07, 6.45) is 7.82. The Bertz CT molecular complexity index is 682. The Labute approximate surface area is 161 Å². The van der Waals surface area contributed by atoms with Gasteiger partial charge in [0.1, 0.15) is 0 Å². The zero-order chi connectivity index (χ0) is 18.6. The molecule has 1 aliphatic heterocycles. The Morgan fingerprint density at radius 1 is 1.07 bits per heavy atom. The molecule has 27 heavy (non-hydrogen) atoms. The molecule has 0 unspecified atom stereocenters. The lowest BCUT2D eigenvalue weighted by atomic mass is 9.92. The van der Waals surface area contributed by atoms with E-state index in [-0.39, 0.29) is 5.92 Å². The van der Waals surface area contributed by atoms with Crippen molar-refractivity contribution in [1.29, 1.82) is 0 Å². The maximum absolute atomic E-state index is 12.8. The number of hydrogen-bond donors (Lipinski definition) is 0. The molecule has 2 bridgehead atoms. The number of methoxy groups -OCH3 is 1. The molecule has 4 rings (SSSR count). The largest absolute Gasteiger partial charge is 0.493 e. The summed E-state index contributed by atoms with van der Waals surface area (Å²) in [6.45, 7) is 5.35. The molecule has 146 valence electrons. The van der Waals surface area contributed by atoms with Crippen LogP contribution in [0, 0.1) is 17.8 Å². The molecule has 0 N–H and O–H groups in total. The van der Waals surface area contributed by atoms with Crippen molar-refractivity contribution >= 4 is 5.91 Å². The molecule has 3 aliphatic rings. The number of para-hydroxylation sites is 2. The first kappa shape index (κ1) is 18.4. The number of benzene rings is 1. The monoisotopic (exact) mass is 370 g/mol. The quantitative estimate of drug-likeness (QED) is 0.547. The van der Waals surface area contributed by atoms with Gasteiger partial charge in [-0.3, -0.25) is 9.69 Å². The van der Waals surface area contributed by atoms with E-state index in [9.17, 15) is 4.79 Å². The van der Waals surface area contributed by atoms with E-state index in [1.54, 1.807) is 7.11 Å². The van der Waals surface area contributed by atoms with E-state index in [0.717, 1.165) is 57.1 Å². The zero-order valence-electron chi connectivity index (χ0n) is 16.2. The molecule has 5 nitrogen and oxygen atoms in total. The predicted molar refractivity (Wildman–Crippen MR) is 105 cm³/mol. The van der Waals surface area contributed by atoms with Gasteiger partial charge < -0.3 is 14.4 Å². The molecule has 1 saturated heterocycles.